The van der Waals surface area contributed by atoms with Crippen LogP contribution in [0.25, 0.3) is 0 Å². The molecule has 1 aromatic rings. The van der Waals surface area contributed by atoms with E-state index in [2.05, 4.69) is 26.1 Å². The highest BCUT2D eigenvalue weighted by Gasteiger charge is 2.46. The Bertz CT molecular complexity index is 855. The fourth-order valence-electron chi connectivity index (χ4n) is 4.68. The first-order valence-corrected chi connectivity index (χ1v) is 16.4. The lowest BCUT2D eigenvalue weighted by atomic mass is 9.79. The predicted octanol–water partition coefficient (Wildman–Crippen LogP) is 8.50. The van der Waals surface area contributed by atoms with E-state index in [0.717, 1.165) is 77.0 Å². The molecule has 3 N–H and O–H groups in total. The summed E-state index contributed by atoms with van der Waals surface area (Å²) >= 11 is 0. The van der Waals surface area contributed by atoms with Gasteiger partial charge in [-0.05, 0) is 38.3 Å². The zero-order valence-corrected chi connectivity index (χ0v) is 28.2. The maximum atomic E-state index is 12.9. The Balaban J connectivity index is 0. The van der Waals surface area contributed by atoms with Gasteiger partial charge in [0.05, 0.1) is 6.42 Å². The molecule has 8 heteroatoms. The number of carbonyl (C=O) groups is 5. The van der Waals surface area contributed by atoms with E-state index in [-0.39, 0.29) is 67.1 Å². The first-order valence-electron chi connectivity index (χ1n) is 16.4. The standard InChI is InChI=1S/C25H47NO3.C10H11NO2.ClH/c1-4-7-10-13-16-19-22(27)25(26,23(28)20-17-14-11-8-5-2)24(29)21-18-15-12-9-6-3;1-8(12)7-10(13)11-9-5-3-2-4-6-9;/h4-21,26H2,1-3H3;2-6H,7H2,1H3,(H,11,13);1H. The van der Waals surface area contributed by atoms with E-state index in [0.29, 0.717) is 24.9 Å². The fraction of sp³-hybridized carbons (Fsp3) is 0.686. The Morgan fingerprint density at radius 3 is 1.28 bits per heavy atom. The molecule has 0 aliphatic heterocycles. The van der Waals surface area contributed by atoms with Crippen molar-refractivity contribution in [2.75, 3.05) is 5.32 Å². The largest absolute Gasteiger partial charge is 0.326 e. The molecule has 246 valence electrons. The first kappa shape index (κ1) is 42.8. The summed E-state index contributed by atoms with van der Waals surface area (Å²) in [5.74, 6) is -1.46. The Morgan fingerprint density at radius 2 is 0.953 bits per heavy atom. The van der Waals surface area contributed by atoms with Gasteiger partial charge in [-0.3, -0.25) is 24.0 Å². The summed E-state index contributed by atoms with van der Waals surface area (Å²) in [5, 5.41) is 2.61. The Morgan fingerprint density at radius 1 is 0.605 bits per heavy atom. The van der Waals surface area contributed by atoms with Gasteiger partial charge in [-0.25, -0.2) is 0 Å². The molecule has 0 aliphatic carbocycles. The molecule has 0 fully saturated rings. The molecule has 0 atom stereocenters. The van der Waals surface area contributed by atoms with E-state index in [1.165, 1.54) is 6.92 Å². The minimum absolute atomic E-state index is 0. The third-order valence-electron chi connectivity index (χ3n) is 7.31. The molecule has 0 aromatic heterocycles. The molecule has 0 radical (unpaired) electrons. The van der Waals surface area contributed by atoms with E-state index < -0.39 is 5.54 Å². The maximum absolute atomic E-state index is 12.9. The number of benzene rings is 1. The Labute approximate surface area is 267 Å². The second kappa shape index (κ2) is 27.2. The number of carbonyl (C=O) groups excluding carboxylic acids is 5. The Kier molecular flexibility index (Phi) is 27.0. The summed E-state index contributed by atoms with van der Waals surface area (Å²) in [6, 6.07) is 9.06. The summed E-state index contributed by atoms with van der Waals surface area (Å²) in [6.07, 6.45) is 15.8. The van der Waals surface area contributed by atoms with Crippen LogP contribution in [0, 0.1) is 0 Å². The van der Waals surface area contributed by atoms with Gasteiger partial charge in [0.15, 0.2) is 22.9 Å². The molecule has 0 saturated heterocycles. The topological polar surface area (TPSA) is 123 Å². The van der Waals surface area contributed by atoms with Gasteiger partial charge in [-0.15, -0.1) is 12.4 Å². The number of nitrogens with two attached hydrogens (primary N) is 1. The van der Waals surface area contributed by atoms with Gasteiger partial charge in [0.25, 0.3) is 0 Å². The predicted molar refractivity (Wildman–Crippen MR) is 180 cm³/mol. The van der Waals surface area contributed by atoms with Crippen LogP contribution in [-0.4, -0.2) is 34.6 Å². The second-order valence-electron chi connectivity index (χ2n) is 11.4. The quantitative estimate of drug-likeness (QED) is 0.0880. The van der Waals surface area contributed by atoms with Crippen molar-refractivity contribution >= 4 is 47.1 Å². The van der Waals surface area contributed by atoms with Crippen molar-refractivity contribution in [2.24, 2.45) is 5.73 Å². The monoisotopic (exact) mass is 622 g/mol. The molecule has 0 bridgehead atoms. The van der Waals surface area contributed by atoms with Crippen molar-refractivity contribution in [1.29, 1.82) is 0 Å². The van der Waals surface area contributed by atoms with Gasteiger partial charge in [0.2, 0.25) is 5.91 Å². The number of halogens is 1. The highest BCUT2D eigenvalue weighted by molar-refractivity contribution is 6.29. The lowest BCUT2D eigenvalue weighted by molar-refractivity contribution is -0.142. The zero-order valence-electron chi connectivity index (χ0n) is 27.3. The van der Waals surface area contributed by atoms with Crippen LogP contribution in [0.15, 0.2) is 30.3 Å². The van der Waals surface area contributed by atoms with Gasteiger partial charge in [-0.1, -0.05) is 116 Å². The minimum Gasteiger partial charge on any atom is -0.326 e. The van der Waals surface area contributed by atoms with E-state index >= 15 is 0 Å². The summed E-state index contributed by atoms with van der Waals surface area (Å²) in [4.78, 5) is 60.3. The summed E-state index contributed by atoms with van der Waals surface area (Å²) in [6.45, 7) is 7.84. The highest BCUT2D eigenvalue weighted by atomic mass is 35.5. The lowest BCUT2D eigenvalue weighted by Gasteiger charge is -2.25. The SMILES string of the molecule is CC(=O)CC(=O)Nc1ccccc1.CCCCCCCC(=O)C(N)(C(=O)CCCCCCC)C(=O)CCCCCCC.Cl. The normalized spacial score (nSPS) is 10.6. The molecular weight excluding hydrogens is 564 g/mol. The van der Waals surface area contributed by atoms with Gasteiger partial charge in [0.1, 0.15) is 5.78 Å². The molecule has 0 saturated carbocycles. The minimum atomic E-state index is -1.90. The third kappa shape index (κ3) is 20.3. The van der Waals surface area contributed by atoms with Crippen LogP contribution in [0.3, 0.4) is 0 Å². The number of hydrogen-bond donors (Lipinski definition) is 2. The molecule has 0 aliphatic rings. The zero-order chi connectivity index (χ0) is 31.6. The van der Waals surface area contributed by atoms with Crippen LogP contribution in [0.5, 0.6) is 0 Å². The molecule has 0 unspecified atom stereocenters. The van der Waals surface area contributed by atoms with E-state index in [9.17, 15) is 24.0 Å². The smallest absolute Gasteiger partial charge is 0.231 e. The van der Waals surface area contributed by atoms with Crippen LogP contribution in [0.4, 0.5) is 5.69 Å². The first-order chi connectivity index (χ1) is 20.1. The van der Waals surface area contributed by atoms with Gasteiger partial charge < -0.3 is 11.1 Å². The van der Waals surface area contributed by atoms with Crippen LogP contribution in [0.1, 0.15) is 150 Å². The molecular formula is C35H59ClN2O5. The average Bonchev–Trinajstić information content (AvgIpc) is 2.96. The summed E-state index contributed by atoms with van der Waals surface area (Å²) in [7, 11) is 0. The number of rotatable bonds is 24. The van der Waals surface area contributed by atoms with Crippen molar-refractivity contribution in [2.45, 2.75) is 155 Å². The molecule has 0 heterocycles. The summed E-state index contributed by atoms with van der Waals surface area (Å²) in [5.41, 5.74) is 5.12. The molecule has 1 amide bonds. The number of amides is 1. The van der Waals surface area contributed by atoms with Crippen LogP contribution in [0.2, 0.25) is 0 Å². The van der Waals surface area contributed by atoms with Gasteiger partial charge in [-0.2, -0.15) is 0 Å². The number of unbranched alkanes of at least 4 members (excludes halogenated alkanes) is 12. The number of hydrogen-bond acceptors (Lipinski definition) is 6. The van der Waals surface area contributed by atoms with Crippen molar-refractivity contribution in [1.82, 2.24) is 0 Å². The number of para-hydroxylation sites is 1. The van der Waals surface area contributed by atoms with Crippen LogP contribution < -0.4 is 11.1 Å². The lowest BCUT2D eigenvalue weighted by Crippen LogP contribution is -2.61. The van der Waals surface area contributed by atoms with Crippen molar-refractivity contribution < 1.29 is 24.0 Å². The number of anilines is 1. The van der Waals surface area contributed by atoms with Crippen molar-refractivity contribution in [3.8, 4) is 0 Å². The Hall–Kier alpha value is -2.38. The third-order valence-corrected chi connectivity index (χ3v) is 7.31. The molecule has 0 spiro atoms. The average molecular weight is 623 g/mol. The van der Waals surface area contributed by atoms with Gasteiger partial charge >= 0.3 is 0 Å². The van der Waals surface area contributed by atoms with Crippen LogP contribution >= 0.6 is 12.4 Å². The van der Waals surface area contributed by atoms with E-state index in [1.54, 1.807) is 12.1 Å². The molecule has 1 aromatic carbocycles. The maximum Gasteiger partial charge on any atom is 0.231 e. The highest BCUT2D eigenvalue weighted by Crippen LogP contribution is 2.20. The molecule has 43 heavy (non-hydrogen) atoms. The molecule has 1 rings (SSSR count). The van der Waals surface area contributed by atoms with Gasteiger partial charge in [0, 0.05) is 24.9 Å². The molecule has 7 nitrogen and oxygen atoms in total. The number of ketones is 4. The summed E-state index contributed by atoms with van der Waals surface area (Å²) < 4.78 is 0. The van der Waals surface area contributed by atoms with Crippen LogP contribution in [-0.2, 0) is 24.0 Å². The van der Waals surface area contributed by atoms with E-state index in [4.69, 9.17) is 5.73 Å². The fourth-order valence-corrected chi connectivity index (χ4v) is 4.68. The number of Topliss-reactive ketones (excluding diaryl/α,β-unsaturated/α-hetero) is 4. The van der Waals surface area contributed by atoms with E-state index in [1.807, 2.05) is 18.2 Å². The van der Waals surface area contributed by atoms with Crippen molar-refractivity contribution in [3.05, 3.63) is 30.3 Å². The van der Waals surface area contributed by atoms with Crippen molar-refractivity contribution in [3.63, 3.8) is 0 Å². The second-order valence-corrected chi connectivity index (χ2v) is 11.4. The number of nitrogens with one attached hydrogen (secondary N) is 1.